The van der Waals surface area contributed by atoms with E-state index in [9.17, 15) is 14.7 Å². The zero-order valence-corrected chi connectivity index (χ0v) is 18.3. The first-order valence-electron chi connectivity index (χ1n) is 10.3. The Bertz CT molecular complexity index is 922. The molecule has 2 heterocycles. The van der Waals surface area contributed by atoms with Gasteiger partial charge in [0.2, 0.25) is 0 Å². The molecular weight excluding hydrogens is 416 g/mol. The lowest BCUT2D eigenvalue weighted by molar-refractivity contribution is -0.158. The van der Waals surface area contributed by atoms with Crippen molar-refractivity contribution in [3.8, 4) is 11.5 Å². The van der Waals surface area contributed by atoms with Gasteiger partial charge in [0.1, 0.15) is 6.10 Å². The third-order valence-corrected chi connectivity index (χ3v) is 5.37. The number of aromatic hydroxyl groups is 1. The highest BCUT2D eigenvalue weighted by atomic mass is 16.6. The zero-order chi connectivity index (χ0) is 23.1. The minimum absolute atomic E-state index is 0.0660. The average Bonchev–Trinajstić information content (AvgIpc) is 2.83. The highest BCUT2D eigenvalue weighted by Gasteiger charge is 2.35. The van der Waals surface area contributed by atoms with Gasteiger partial charge in [-0.05, 0) is 18.9 Å². The SMILES string of the molecule is COc1ccnc(C(=O)N[C@H]2COC[C@H](Cc3ccccc3)[C@@H](OC)[C@H](C)OC2=O)c1O. The van der Waals surface area contributed by atoms with Gasteiger partial charge in [-0.3, -0.25) is 4.79 Å². The highest BCUT2D eigenvalue weighted by molar-refractivity contribution is 5.98. The van der Waals surface area contributed by atoms with E-state index in [2.05, 4.69) is 10.3 Å². The zero-order valence-electron chi connectivity index (χ0n) is 18.3. The van der Waals surface area contributed by atoms with E-state index in [1.165, 1.54) is 19.4 Å². The van der Waals surface area contributed by atoms with Crippen molar-refractivity contribution in [2.75, 3.05) is 27.4 Å². The Kier molecular flexibility index (Phi) is 8.02. The van der Waals surface area contributed by atoms with Gasteiger partial charge in [-0.1, -0.05) is 30.3 Å². The van der Waals surface area contributed by atoms with Crippen LogP contribution in [0.2, 0.25) is 0 Å². The number of pyridine rings is 1. The summed E-state index contributed by atoms with van der Waals surface area (Å²) in [5.41, 5.74) is 0.854. The van der Waals surface area contributed by atoms with Crippen LogP contribution in [-0.4, -0.2) is 67.7 Å². The normalized spacial score (nSPS) is 23.9. The van der Waals surface area contributed by atoms with E-state index in [4.69, 9.17) is 18.9 Å². The molecule has 0 saturated carbocycles. The fraction of sp³-hybridized carbons (Fsp3) is 0.435. The second kappa shape index (κ2) is 10.9. The van der Waals surface area contributed by atoms with Crippen LogP contribution in [-0.2, 0) is 25.4 Å². The van der Waals surface area contributed by atoms with Gasteiger partial charge in [-0.2, -0.15) is 0 Å². The van der Waals surface area contributed by atoms with Crippen molar-refractivity contribution >= 4 is 11.9 Å². The number of nitrogens with one attached hydrogen (secondary N) is 1. The van der Waals surface area contributed by atoms with Crippen LogP contribution >= 0.6 is 0 Å². The quantitative estimate of drug-likeness (QED) is 0.647. The van der Waals surface area contributed by atoms with Gasteiger partial charge in [0, 0.05) is 25.3 Å². The van der Waals surface area contributed by atoms with Crippen molar-refractivity contribution in [3.05, 3.63) is 53.9 Å². The molecule has 3 rings (SSSR count). The molecular formula is C23H28N2O7. The number of methoxy groups -OCH3 is 2. The number of hydrogen-bond donors (Lipinski definition) is 2. The van der Waals surface area contributed by atoms with Gasteiger partial charge in [0.25, 0.3) is 5.91 Å². The monoisotopic (exact) mass is 444 g/mol. The molecule has 2 N–H and O–H groups in total. The molecule has 1 aliphatic heterocycles. The van der Waals surface area contributed by atoms with Gasteiger partial charge in [-0.15, -0.1) is 0 Å². The van der Waals surface area contributed by atoms with Crippen LogP contribution in [0.1, 0.15) is 23.0 Å². The molecule has 1 aromatic heterocycles. The van der Waals surface area contributed by atoms with Gasteiger partial charge in [-0.25, -0.2) is 9.78 Å². The molecule has 1 fully saturated rings. The Balaban J connectivity index is 1.74. The van der Waals surface area contributed by atoms with Crippen LogP contribution in [0.5, 0.6) is 11.5 Å². The summed E-state index contributed by atoms with van der Waals surface area (Å²) >= 11 is 0. The predicted molar refractivity (Wildman–Crippen MR) is 115 cm³/mol. The van der Waals surface area contributed by atoms with Gasteiger partial charge >= 0.3 is 5.97 Å². The van der Waals surface area contributed by atoms with E-state index >= 15 is 0 Å². The average molecular weight is 444 g/mol. The molecule has 172 valence electrons. The van der Waals surface area contributed by atoms with Crippen molar-refractivity contribution in [2.45, 2.75) is 31.6 Å². The van der Waals surface area contributed by atoms with E-state index in [0.717, 1.165) is 5.56 Å². The van der Waals surface area contributed by atoms with Crippen LogP contribution in [0.3, 0.4) is 0 Å². The third-order valence-electron chi connectivity index (χ3n) is 5.37. The van der Waals surface area contributed by atoms with E-state index in [-0.39, 0.29) is 24.0 Å². The molecule has 1 amide bonds. The lowest BCUT2D eigenvalue weighted by atomic mass is 9.92. The first-order chi connectivity index (χ1) is 15.4. The number of cyclic esters (lactones) is 1. The van der Waals surface area contributed by atoms with Crippen LogP contribution in [0, 0.1) is 5.92 Å². The van der Waals surface area contributed by atoms with Crippen molar-refractivity contribution in [2.24, 2.45) is 5.92 Å². The first kappa shape index (κ1) is 23.5. The van der Waals surface area contributed by atoms with Crippen molar-refractivity contribution < 1.29 is 33.6 Å². The standard InChI is InChI=1S/C23H28N2O7/c1-14-21(30-3)16(11-15-7-5-4-6-8-15)12-31-13-17(23(28)32-14)25-22(27)19-20(26)18(29-2)9-10-24-19/h4-10,14,16-17,21,26H,11-13H2,1-3H3,(H,25,27)/t14-,16-,17-,21-/m0/s1. The Labute approximate surface area is 186 Å². The van der Waals surface area contributed by atoms with E-state index in [1.807, 2.05) is 30.3 Å². The fourth-order valence-electron chi connectivity index (χ4n) is 3.79. The Morgan fingerprint density at radius 3 is 2.66 bits per heavy atom. The van der Waals surface area contributed by atoms with Gasteiger partial charge in [0.05, 0.1) is 26.4 Å². The number of amides is 1. The van der Waals surface area contributed by atoms with Gasteiger partial charge < -0.3 is 29.4 Å². The number of carbonyl (C=O) groups is 2. The second-order valence-electron chi connectivity index (χ2n) is 7.57. The Hall–Kier alpha value is -3.17. The van der Waals surface area contributed by atoms with Crippen molar-refractivity contribution in [1.82, 2.24) is 10.3 Å². The summed E-state index contributed by atoms with van der Waals surface area (Å²) < 4.78 is 22.1. The minimum Gasteiger partial charge on any atom is -0.503 e. The maximum atomic E-state index is 12.8. The first-order valence-corrected chi connectivity index (χ1v) is 10.3. The summed E-state index contributed by atoms with van der Waals surface area (Å²) in [7, 11) is 2.93. The summed E-state index contributed by atoms with van der Waals surface area (Å²) in [6, 6.07) is 10.3. The molecule has 1 aliphatic rings. The Morgan fingerprint density at radius 2 is 1.97 bits per heavy atom. The summed E-state index contributed by atoms with van der Waals surface area (Å²) in [4.78, 5) is 29.3. The van der Waals surface area contributed by atoms with E-state index in [0.29, 0.717) is 13.0 Å². The van der Waals surface area contributed by atoms with E-state index in [1.54, 1.807) is 14.0 Å². The molecule has 32 heavy (non-hydrogen) atoms. The van der Waals surface area contributed by atoms with Crippen LogP contribution in [0.4, 0.5) is 0 Å². The number of nitrogens with zero attached hydrogens (tertiary/aromatic N) is 1. The minimum atomic E-state index is -1.08. The number of carbonyl (C=O) groups excluding carboxylic acids is 2. The molecule has 0 unspecified atom stereocenters. The third kappa shape index (κ3) is 5.54. The number of hydrogen-bond acceptors (Lipinski definition) is 8. The molecule has 0 aliphatic carbocycles. The molecule has 0 bridgehead atoms. The smallest absolute Gasteiger partial charge is 0.331 e. The number of rotatable bonds is 6. The summed E-state index contributed by atoms with van der Waals surface area (Å²) in [6.45, 7) is 1.97. The predicted octanol–water partition coefficient (Wildman–Crippen LogP) is 1.73. The van der Waals surface area contributed by atoms with Crippen LogP contribution < -0.4 is 10.1 Å². The largest absolute Gasteiger partial charge is 0.503 e. The molecule has 1 saturated heterocycles. The molecule has 9 heteroatoms. The maximum Gasteiger partial charge on any atom is 0.331 e. The van der Waals surface area contributed by atoms with Crippen molar-refractivity contribution in [1.29, 1.82) is 0 Å². The van der Waals surface area contributed by atoms with Gasteiger partial charge in [0.15, 0.2) is 23.2 Å². The molecule has 0 spiro atoms. The Morgan fingerprint density at radius 1 is 1.22 bits per heavy atom. The number of esters is 1. The summed E-state index contributed by atoms with van der Waals surface area (Å²) in [5.74, 6) is -1.79. The lowest BCUT2D eigenvalue weighted by Gasteiger charge is -2.29. The van der Waals surface area contributed by atoms with Crippen molar-refractivity contribution in [3.63, 3.8) is 0 Å². The number of aromatic nitrogens is 1. The number of ether oxygens (including phenoxy) is 4. The lowest BCUT2D eigenvalue weighted by Crippen LogP contribution is -2.46. The number of benzene rings is 1. The molecule has 0 radical (unpaired) electrons. The highest BCUT2D eigenvalue weighted by Crippen LogP contribution is 2.27. The molecule has 1 aromatic carbocycles. The molecule has 4 atom stereocenters. The topological polar surface area (TPSA) is 116 Å². The molecule has 2 aromatic rings. The summed E-state index contributed by atoms with van der Waals surface area (Å²) in [6.07, 6.45) is 1.05. The van der Waals surface area contributed by atoms with Crippen LogP contribution in [0.25, 0.3) is 0 Å². The summed E-state index contributed by atoms with van der Waals surface area (Å²) in [5, 5.41) is 12.7. The van der Waals surface area contributed by atoms with E-state index < -0.39 is 35.9 Å². The van der Waals surface area contributed by atoms with Crippen LogP contribution in [0.15, 0.2) is 42.6 Å². The maximum absolute atomic E-state index is 12.8. The fourth-order valence-corrected chi connectivity index (χ4v) is 3.79. The second-order valence-corrected chi connectivity index (χ2v) is 7.57. The molecule has 9 nitrogen and oxygen atoms in total.